The third-order valence-corrected chi connectivity index (χ3v) is 9.94. The first-order valence-electron chi connectivity index (χ1n) is 16.6. The highest BCUT2D eigenvalue weighted by Gasteiger charge is 2.41. The summed E-state index contributed by atoms with van der Waals surface area (Å²) in [6.07, 6.45) is 6.14. The zero-order valence-corrected chi connectivity index (χ0v) is 26.3. The van der Waals surface area contributed by atoms with E-state index in [9.17, 15) is 9.90 Å². The fourth-order valence-corrected chi connectivity index (χ4v) is 7.20. The molecule has 2 fully saturated rings. The maximum Gasteiger partial charge on any atom is 0.416 e. The van der Waals surface area contributed by atoms with Gasteiger partial charge in [0.1, 0.15) is 17.9 Å². The van der Waals surface area contributed by atoms with Gasteiger partial charge in [-0.3, -0.25) is 4.90 Å². The summed E-state index contributed by atoms with van der Waals surface area (Å²) in [7, 11) is 0. The van der Waals surface area contributed by atoms with Gasteiger partial charge < -0.3 is 24.3 Å². The maximum absolute atomic E-state index is 13.7. The van der Waals surface area contributed by atoms with E-state index in [-0.39, 0.29) is 30.4 Å². The van der Waals surface area contributed by atoms with Crippen molar-refractivity contribution >= 4 is 17.0 Å². The molecule has 0 spiro atoms. The number of carbonyl (C=O) groups excluding carboxylic acids is 1. The Labute approximate surface area is 265 Å². The monoisotopic (exact) mass is 608 g/mol. The summed E-state index contributed by atoms with van der Waals surface area (Å²) in [6.45, 7) is 6.41. The SMILES string of the molecule is Cc1ccc(OC(=O)N2CCc3c([nH]c4ccc(C)cc34)[C@@H]2c2ccc([C@@H]3OC3CCC(O)CCC3CCOCC3)cc2)cc1. The molecule has 236 valence electrons. The molecule has 3 aliphatic rings. The van der Waals surface area contributed by atoms with E-state index >= 15 is 0 Å². The summed E-state index contributed by atoms with van der Waals surface area (Å²) in [5.74, 6) is 1.23. The van der Waals surface area contributed by atoms with Gasteiger partial charge in [-0.25, -0.2) is 4.79 Å². The van der Waals surface area contributed by atoms with Crippen molar-refractivity contribution in [2.75, 3.05) is 19.8 Å². The van der Waals surface area contributed by atoms with E-state index in [4.69, 9.17) is 14.2 Å². The molecule has 7 nitrogen and oxygen atoms in total. The number of aryl methyl sites for hydroxylation is 2. The lowest BCUT2D eigenvalue weighted by Gasteiger charge is -2.35. The van der Waals surface area contributed by atoms with Gasteiger partial charge in [0.15, 0.2) is 0 Å². The second-order valence-electron chi connectivity index (χ2n) is 13.2. The summed E-state index contributed by atoms with van der Waals surface area (Å²) in [6, 6.07) is 22.3. The van der Waals surface area contributed by atoms with Gasteiger partial charge in [-0.05, 0) is 106 Å². The molecule has 7 heteroatoms. The fourth-order valence-electron chi connectivity index (χ4n) is 7.20. The molecule has 2 saturated heterocycles. The molecule has 45 heavy (non-hydrogen) atoms. The summed E-state index contributed by atoms with van der Waals surface area (Å²) in [5.41, 5.74) is 7.91. The number of rotatable bonds is 9. The lowest BCUT2D eigenvalue weighted by Crippen LogP contribution is -2.42. The molecular weight excluding hydrogens is 564 g/mol. The Morgan fingerprint density at radius 2 is 1.67 bits per heavy atom. The van der Waals surface area contributed by atoms with Crippen LogP contribution in [0.5, 0.6) is 5.75 Å². The van der Waals surface area contributed by atoms with Crippen molar-refractivity contribution in [2.24, 2.45) is 5.92 Å². The number of epoxide rings is 1. The normalized spacial score (nSPS) is 22.3. The molecule has 3 aromatic carbocycles. The van der Waals surface area contributed by atoms with Gasteiger partial charge in [0, 0.05) is 36.4 Å². The molecule has 4 heterocycles. The van der Waals surface area contributed by atoms with Crippen LogP contribution in [0.2, 0.25) is 0 Å². The van der Waals surface area contributed by atoms with Crippen molar-refractivity contribution in [2.45, 2.75) is 83.1 Å². The largest absolute Gasteiger partial charge is 0.416 e. The van der Waals surface area contributed by atoms with E-state index < -0.39 is 0 Å². The first-order chi connectivity index (χ1) is 21.9. The minimum atomic E-state index is -0.352. The van der Waals surface area contributed by atoms with Crippen molar-refractivity contribution in [1.82, 2.24) is 9.88 Å². The molecule has 0 saturated carbocycles. The van der Waals surface area contributed by atoms with Crippen molar-refractivity contribution in [3.63, 3.8) is 0 Å². The Bertz CT molecular complexity index is 1620. The Kier molecular flexibility index (Phi) is 8.67. The van der Waals surface area contributed by atoms with Crippen molar-refractivity contribution in [3.05, 3.63) is 100 Å². The van der Waals surface area contributed by atoms with Crippen LogP contribution in [0.3, 0.4) is 0 Å². The quantitative estimate of drug-likeness (QED) is 0.190. The Hall–Kier alpha value is -3.65. The van der Waals surface area contributed by atoms with Crippen LogP contribution < -0.4 is 4.74 Å². The number of nitrogens with one attached hydrogen (secondary N) is 1. The Balaban J connectivity index is 1.05. The molecule has 7 rings (SSSR count). The summed E-state index contributed by atoms with van der Waals surface area (Å²) >= 11 is 0. The van der Waals surface area contributed by atoms with Crippen LogP contribution in [-0.4, -0.2) is 53.1 Å². The van der Waals surface area contributed by atoms with E-state index in [0.29, 0.717) is 18.2 Å². The maximum atomic E-state index is 13.7. The van der Waals surface area contributed by atoms with Crippen LogP contribution in [-0.2, 0) is 15.9 Å². The molecule has 0 aliphatic carbocycles. The smallest absolute Gasteiger partial charge is 0.410 e. The first kappa shape index (κ1) is 30.0. The van der Waals surface area contributed by atoms with Gasteiger partial charge in [0.05, 0.1) is 12.2 Å². The molecule has 1 aromatic heterocycles. The lowest BCUT2D eigenvalue weighted by atomic mass is 9.91. The number of carbonyl (C=O) groups is 1. The summed E-state index contributed by atoms with van der Waals surface area (Å²) in [4.78, 5) is 19.2. The number of ether oxygens (including phenoxy) is 3. The molecule has 0 radical (unpaired) electrons. The number of aliphatic hydroxyl groups is 1. The number of aliphatic hydroxyl groups excluding tert-OH is 1. The van der Waals surface area contributed by atoms with Crippen LogP contribution in [0, 0.1) is 19.8 Å². The standard InChI is InChI=1S/C38H44N2O5/c1-24-3-13-30(14-4-24)44-38(42)40-20-17-31-32-23-25(2)5-15-33(32)39-35(31)36(40)27-7-9-28(10-8-27)37-34(45-37)16-12-29(41)11-6-26-18-21-43-22-19-26/h3-5,7-10,13-15,23,26,29,34,36-37,39,41H,6,11-12,16-22H2,1-2H3/t29?,34?,36-,37-/m0/s1. The van der Waals surface area contributed by atoms with Crippen molar-refractivity contribution in [3.8, 4) is 5.75 Å². The predicted molar refractivity (Wildman–Crippen MR) is 175 cm³/mol. The van der Waals surface area contributed by atoms with Gasteiger partial charge in [-0.1, -0.05) is 53.6 Å². The van der Waals surface area contributed by atoms with E-state index in [0.717, 1.165) is 86.1 Å². The van der Waals surface area contributed by atoms with Crippen molar-refractivity contribution < 1.29 is 24.1 Å². The van der Waals surface area contributed by atoms with Gasteiger partial charge >= 0.3 is 6.09 Å². The number of aromatic nitrogens is 1. The molecule has 1 amide bonds. The van der Waals surface area contributed by atoms with Gasteiger partial charge in [0.2, 0.25) is 0 Å². The Morgan fingerprint density at radius 3 is 2.44 bits per heavy atom. The number of aromatic amines is 1. The van der Waals surface area contributed by atoms with Crippen molar-refractivity contribution in [1.29, 1.82) is 0 Å². The molecule has 3 aliphatic heterocycles. The zero-order valence-electron chi connectivity index (χ0n) is 26.3. The zero-order chi connectivity index (χ0) is 30.9. The fraction of sp³-hybridized carbons (Fsp3) is 0.447. The third-order valence-electron chi connectivity index (χ3n) is 9.94. The average molecular weight is 609 g/mol. The number of nitrogens with zero attached hydrogens (tertiary/aromatic N) is 1. The topological polar surface area (TPSA) is 87.3 Å². The predicted octanol–water partition coefficient (Wildman–Crippen LogP) is 7.72. The van der Waals surface area contributed by atoms with E-state index in [1.807, 2.05) is 36.1 Å². The van der Waals surface area contributed by atoms with E-state index in [1.54, 1.807) is 0 Å². The van der Waals surface area contributed by atoms with Crippen LogP contribution in [0.15, 0.2) is 66.7 Å². The number of hydrogen-bond acceptors (Lipinski definition) is 5. The minimum absolute atomic E-state index is 0.0577. The lowest BCUT2D eigenvalue weighted by molar-refractivity contribution is 0.0558. The average Bonchev–Trinajstić information content (AvgIpc) is 3.76. The number of H-pyrrole nitrogens is 1. The molecule has 0 bridgehead atoms. The number of amides is 1. The molecule has 2 N–H and O–H groups in total. The van der Waals surface area contributed by atoms with Crippen LogP contribution in [0.25, 0.3) is 10.9 Å². The molecule has 4 atom stereocenters. The van der Waals surface area contributed by atoms with E-state index in [1.165, 1.54) is 16.5 Å². The van der Waals surface area contributed by atoms with Gasteiger partial charge in [0.25, 0.3) is 0 Å². The highest BCUT2D eigenvalue weighted by atomic mass is 16.6. The van der Waals surface area contributed by atoms with Crippen LogP contribution in [0.1, 0.15) is 84.2 Å². The number of fused-ring (bicyclic) bond motifs is 3. The highest BCUT2D eigenvalue weighted by Crippen LogP contribution is 2.44. The van der Waals surface area contributed by atoms with Gasteiger partial charge in [-0.2, -0.15) is 0 Å². The number of benzene rings is 3. The first-order valence-corrected chi connectivity index (χ1v) is 16.6. The molecular formula is C38H44N2O5. The van der Waals surface area contributed by atoms with Gasteiger partial charge in [-0.15, -0.1) is 0 Å². The minimum Gasteiger partial charge on any atom is -0.410 e. The number of hydrogen-bond donors (Lipinski definition) is 2. The highest BCUT2D eigenvalue weighted by molar-refractivity contribution is 5.87. The summed E-state index contributed by atoms with van der Waals surface area (Å²) in [5, 5.41) is 11.8. The van der Waals surface area contributed by atoms with Crippen LogP contribution in [0.4, 0.5) is 4.79 Å². The molecule has 4 aromatic rings. The second-order valence-corrected chi connectivity index (χ2v) is 13.2. The van der Waals surface area contributed by atoms with Crippen LogP contribution >= 0.6 is 0 Å². The Morgan fingerprint density at radius 1 is 0.956 bits per heavy atom. The second kappa shape index (κ2) is 13.0. The summed E-state index contributed by atoms with van der Waals surface area (Å²) < 4.78 is 17.4. The third kappa shape index (κ3) is 6.67. The van der Waals surface area contributed by atoms with E-state index in [2.05, 4.69) is 54.4 Å². The molecule has 2 unspecified atom stereocenters.